The van der Waals surface area contributed by atoms with Gasteiger partial charge >= 0.3 is 0 Å². The first-order valence-electron chi connectivity index (χ1n) is 2.26. The van der Waals surface area contributed by atoms with Gasteiger partial charge in [-0.15, -0.1) is 0 Å². The number of nitrogens with one attached hydrogen (secondary N) is 2. The Morgan fingerprint density at radius 3 is 3.25 bits per heavy atom. The molecule has 0 amide bonds. The molecule has 0 spiro atoms. The number of hydrogen-bond donors (Lipinski definition) is 2. The van der Waals surface area contributed by atoms with Gasteiger partial charge in [0.25, 0.3) is 0 Å². The Morgan fingerprint density at radius 1 is 1.88 bits per heavy atom. The van der Waals surface area contributed by atoms with Crippen molar-refractivity contribution in [1.29, 1.82) is 0 Å². The number of aromatic amines is 1. The molecule has 4 heteroatoms. The maximum atomic E-state index is 3.75. The van der Waals surface area contributed by atoms with Crippen LogP contribution in [0.4, 0.5) is 0 Å². The molecule has 0 radical (unpaired) electrons. The van der Waals surface area contributed by atoms with Crippen LogP contribution in [0.1, 0.15) is 0 Å². The molecule has 0 aliphatic rings. The van der Waals surface area contributed by atoms with E-state index in [4.69, 9.17) is 0 Å². The number of H-pyrrole nitrogens is 1. The maximum absolute atomic E-state index is 3.75. The van der Waals surface area contributed by atoms with E-state index in [0.29, 0.717) is 0 Å². The molecule has 1 aromatic rings. The van der Waals surface area contributed by atoms with Crippen molar-refractivity contribution >= 4 is 11.9 Å². The molecule has 0 aliphatic heterocycles. The van der Waals surface area contributed by atoms with Gasteiger partial charge in [0.05, 0.1) is 11.1 Å². The summed E-state index contributed by atoms with van der Waals surface area (Å²) in [5.74, 6) is 0. The van der Waals surface area contributed by atoms with E-state index < -0.39 is 0 Å². The van der Waals surface area contributed by atoms with Gasteiger partial charge in [-0.1, -0.05) is 0 Å². The number of rotatable bonds is 2. The average molecular weight is 129 g/mol. The average Bonchev–Trinajstić information content (AvgIpc) is 2.19. The number of aromatic nitrogens is 2. The molecule has 0 saturated carbocycles. The van der Waals surface area contributed by atoms with E-state index in [2.05, 4.69) is 14.9 Å². The van der Waals surface area contributed by atoms with Crippen LogP contribution < -0.4 is 4.72 Å². The molecule has 0 aliphatic carbocycles. The van der Waals surface area contributed by atoms with Gasteiger partial charge in [-0.25, -0.2) is 0 Å². The summed E-state index contributed by atoms with van der Waals surface area (Å²) < 4.78 is 2.93. The van der Waals surface area contributed by atoms with Gasteiger partial charge in [-0.05, 0) is 19.0 Å². The van der Waals surface area contributed by atoms with Crippen LogP contribution in [0.3, 0.4) is 0 Å². The lowest BCUT2D eigenvalue weighted by Gasteiger charge is -1.87. The molecule has 0 bridgehead atoms. The highest BCUT2D eigenvalue weighted by Crippen LogP contribution is 2.08. The van der Waals surface area contributed by atoms with Crippen LogP contribution in [-0.2, 0) is 0 Å². The third-order valence-electron chi connectivity index (χ3n) is 0.693. The molecule has 44 valence electrons. The minimum absolute atomic E-state index is 1.10. The van der Waals surface area contributed by atoms with Crippen molar-refractivity contribution in [2.24, 2.45) is 0 Å². The second-order valence-electron chi connectivity index (χ2n) is 1.24. The molecule has 0 unspecified atom stereocenters. The van der Waals surface area contributed by atoms with Crippen molar-refractivity contribution in [2.45, 2.75) is 4.90 Å². The molecule has 3 nitrogen and oxygen atoms in total. The van der Waals surface area contributed by atoms with Crippen molar-refractivity contribution in [2.75, 3.05) is 7.05 Å². The van der Waals surface area contributed by atoms with Crippen LogP contribution in [-0.4, -0.2) is 17.2 Å². The summed E-state index contributed by atoms with van der Waals surface area (Å²) in [6.07, 6.45) is 3.60. The molecule has 0 fully saturated rings. The van der Waals surface area contributed by atoms with Crippen molar-refractivity contribution in [3.05, 3.63) is 12.4 Å². The summed E-state index contributed by atoms with van der Waals surface area (Å²) in [6.45, 7) is 0. The molecular weight excluding hydrogens is 122 g/mol. The fraction of sp³-hybridized carbons (Fsp3) is 0.250. The Balaban J connectivity index is 2.50. The highest BCUT2D eigenvalue weighted by Gasteiger charge is 1.87. The third-order valence-corrected chi connectivity index (χ3v) is 1.36. The van der Waals surface area contributed by atoms with Crippen LogP contribution in [0.5, 0.6) is 0 Å². The molecule has 0 atom stereocenters. The van der Waals surface area contributed by atoms with Gasteiger partial charge < -0.3 is 0 Å². The minimum atomic E-state index is 1.10. The summed E-state index contributed by atoms with van der Waals surface area (Å²) in [5, 5.41) is 6.46. The molecule has 0 saturated heterocycles. The zero-order chi connectivity index (χ0) is 5.82. The van der Waals surface area contributed by atoms with Crippen molar-refractivity contribution < 1.29 is 0 Å². The summed E-state index contributed by atoms with van der Waals surface area (Å²) >= 11 is 1.54. The lowest BCUT2D eigenvalue weighted by atomic mass is 10.7. The predicted molar refractivity (Wildman–Crippen MR) is 33.5 cm³/mol. The number of hydrogen-bond acceptors (Lipinski definition) is 3. The van der Waals surface area contributed by atoms with Gasteiger partial charge in [-0.3, -0.25) is 9.82 Å². The summed E-state index contributed by atoms with van der Waals surface area (Å²) in [6, 6.07) is 0. The molecular formula is C4H7N3S. The SMILES string of the molecule is CNSc1cn[nH]c1. The monoisotopic (exact) mass is 129 g/mol. The van der Waals surface area contributed by atoms with E-state index in [1.54, 1.807) is 6.20 Å². The molecule has 1 aromatic heterocycles. The maximum Gasteiger partial charge on any atom is 0.0636 e. The highest BCUT2D eigenvalue weighted by atomic mass is 32.2. The van der Waals surface area contributed by atoms with Gasteiger partial charge in [0, 0.05) is 6.20 Å². The molecule has 1 heterocycles. The van der Waals surface area contributed by atoms with Gasteiger partial charge in [0.1, 0.15) is 0 Å². The predicted octanol–water partition coefficient (Wildman–Crippen LogP) is 0.636. The van der Waals surface area contributed by atoms with E-state index in [0.717, 1.165) is 4.90 Å². The van der Waals surface area contributed by atoms with Crippen LogP contribution in [0.2, 0.25) is 0 Å². The van der Waals surface area contributed by atoms with Crippen LogP contribution in [0.25, 0.3) is 0 Å². The van der Waals surface area contributed by atoms with Crippen molar-refractivity contribution in [3.8, 4) is 0 Å². The van der Waals surface area contributed by atoms with Gasteiger partial charge in [-0.2, -0.15) is 5.10 Å². The normalized spacial score (nSPS) is 9.62. The Hall–Kier alpha value is -0.480. The Labute approximate surface area is 52.0 Å². The van der Waals surface area contributed by atoms with E-state index in [-0.39, 0.29) is 0 Å². The standard InChI is InChI=1S/C4H7N3S/c1-5-8-4-2-6-7-3-4/h2-3,5H,1H3,(H,6,7). The smallest absolute Gasteiger partial charge is 0.0636 e. The lowest BCUT2D eigenvalue weighted by Crippen LogP contribution is -1.88. The van der Waals surface area contributed by atoms with Crippen LogP contribution >= 0.6 is 11.9 Å². The lowest BCUT2D eigenvalue weighted by molar-refractivity contribution is 1.09. The zero-order valence-electron chi connectivity index (χ0n) is 4.51. The van der Waals surface area contributed by atoms with E-state index in [1.165, 1.54) is 11.9 Å². The quantitative estimate of drug-likeness (QED) is 0.575. The van der Waals surface area contributed by atoms with E-state index in [9.17, 15) is 0 Å². The van der Waals surface area contributed by atoms with Gasteiger partial charge in [0.2, 0.25) is 0 Å². The molecule has 1 rings (SSSR count). The summed E-state index contributed by atoms with van der Waals surface area (Å²) in [5.41, 5.74) is 0. The first-order valence-corrected chi connectivity index (χ1v) is 3.07. The van der Waals surface area contributed by atoms with E-state index >= 15 is 0 Å². The second-order valence-corrected chi connectivity index (χ2v) is 2.32. The second kappa shape index (κ2) is 2.74. The Bertz CT molecular complexity index is 137. The Kier molecular flexibility index (Phi) is 1.93. The molecule has 8 heavy (non-hydrogen) atoms. The van der Waals surface area contributed by atoms with Crippen molar-refractivity contribution in [1.82, 2.24) is 14.9 Å². The van der Waals surface area contributed by atoms with Crippen molar-refractivity contribution in [3.63, 3.8) is 0 Å². The molecule has 0 aromatic carbocycles. The fourth-order valence-electron chi connectivity index (χ4n) is 0.413. The fourth-order valence-corrected chi connectivity index (χ4v) is 0.865. The number of nitrogens with zero attached hydrogens (tertiary/aromatic N) is 1. The minimum Gasteiger partial charge on any atom is -0.285 e. The summed E-state index contributed by atoms with van der Waals surface area (Å²) in [7, 11) is 1.87. The summed E-state index contributed by atoms with van der Waals surface area (Å²) in [4.78, 5) is 1.10. The molecule has 2 N–H and O–H groups in total. The zero-order valence-corrected chi connectivity index (χ0v) is 5.33. The Morgan fingerprint density at radius 2 is 2.75 bits per heavy atom. The van der Waals surface area contributed by atoms with E-state index in [1.807, 2.05) is 13.2 Å². The van der Waals surface area contributed by atoms with Crippen LogP contribution in [0.15, 0.2) is 17.3 Å². The highest BCUT2D eigenvalue weighted by molar-refractivity contribution is 7.97. The first kappa shape index (κ1) is 5.65. The van der Waals surface area contributed by atoms with Gasteiger partial charge in [0.15, 0.2) is 0 Å². The third kappa shape index (κ3) is 1.24. The first-order chi connectivity index (χ1) is 3.93. The van der Waals surface area contributed by atoms with Crippen LogP contribution in [0, 0.1) is 0 Å². The largest absolute Gasteiger partial charge is 0.285 e. The topological polar surface area (TPSA) is 40.7 Å².